The average molecular weight is 308 g/mol. The molecule has 1 N–H and O–H groups in total. The molecule has 0 atom stereocenters. The molecule has 0 radical (unpaired) electrons. The molecule has 1 aromatic carbocycles. The first-order valence-corrected chi connectivity index (χ1v) is 7.72. The summed E-state index contributed by atoms with van der Waals surface area (Å²) < 4.78 is 2.00. The highest BCUT2D eigenvalue weighted by atomic mass is 16.4. The Kier molecular flexibility index (Phi) is 3.90. The molecule has 0 aliphatic rings. The molecule has 0 saturated heterocycles. The van der Waals surface area contributed by atoms with E-state index in [1.807, 2.05) is 29.7 Å². The van der Waals surface area contributed by atoms with Gasteiger partial charge in [0.2, 0.25) is 0 Å². The van der Waals surface area contributed by atoms with Crippen LogP contribution in [0.15, 0.2) is 36.5 Å². The summed E-state index contributed by atoms with van der Waals surface area (Å²) in [5.41, 5.74) is 7.26. The van der Waals surface area contributed by atoms with Crippen LogP contribution in [0.4, 0.5) is 0 Å². The highest BCUT2D eigenvalue weighted by Crippen LogP contribution is 2.29. The lowest BCUT2D eigenvalue weighted by Gasteiger charge is -2.08. The molecule has 0 saturated carbocycles. The van der Waals surface area contributed by atoms with Crippen LogP contribution >= 0.6 is 0 Å². The Morgan fingerprint density at radius 2 is 1.87 bits per heavy atom. The monoisotopic (exact) mass is 308 g/mol. The second kappa shape index (κ2) is 5.88. The SMILES string of the molecule is Cc1ccc(-c2nc3cc(C)ccn3c2CCC(=O)O)c(C)c1. The van der Waals surface area contributed by atoms with Gasteiger partial charge >= 0.3 is 5.97 Å². The van der Waals surface area contributed by atoms with Crippen molar-refractivity contribution in [1.82, 2.24) is 9.38 Å². The third-order valence-electron chi connectivity index (χ3n) is 4.09. The van der Waals surface area contributed by atoms with Gasteiger partial charge in [-0.1, -0.05) is 23.8 Å². The zero-order chi connectivity index (χ0) is 16.6. The Morgan fingerprint density at radius 3 is 2.57 bits per heavy atom. The van der Waals surface area contributed by atoms with Crippen LogP contribution in [-0.2, 0) is 11.2 Å². The van der Waals surface area contributed by atoms with Crippen LogP contribution in [0.2, 0.25) is 0 Å². The summed E-state index contributed by atoms with van der Waals surface area (Å²) in [6, 6.07) is 10.3. The molecular weight excluding hydrogens is 288 g/mol. The standard InChI is InChI=1S/C19H20N2O2/c1-12-4-5-15(14(3)10-12)19-16(6-7-18(22)23)21-9-8-13(2)11-17(21)20-19/h4-5,8-11H,6-7H2,1-3H3,(H,22,23). The molecule has 0 aliphatic carbocycles. The van der Waals surface area contributed by atoms with Crippen molar-refractivity contribution in [1.29, 1.82) is 0 Å². The number of carboxylic acid groups (broad SMARTS) is 1. The number of aromatic nitrogens is 2. The van der Waals surface area contributed by atoms with Crippen molar-refractivity contribution in [2.75, 3.05) is 0 Å². The van der Waals surface area contributed by atoms with Crippen LogP contribution in [0.1, 0.15) is 28.8 Å². The number of benzene rings is 1. The van der Waals surface area contributed by atoms with Crippen molar-refractivity contribution < 1.29 is 9.90 Å². The van der Waals surface area contributed by atoms with E-state index in [2.05, 4.69) is 32.0 Å². The van der Waals surface area contributed by atoms with E-state index >= 15 is 0 Å². The highest BCUT2D eigenvalue weighted by molar-refractivity contribution is 5.72. The van der Waals surface area contributed by atoms with Gasteiger partial charge in [0.25, 0.3) is 0 Å². The second-order valence-corrected chi connectivity index (χ2v) is 6.05. The molecule has 118 valence electrons. The van der Waals surface area contributed by atoms with Crippen LogP contribution in [0.3, 0.4) is 0 Å². The summed E-state index contributed by atoms with van der Waals surface area (Å²) in [5.74, 6) is -0.793. The highest BCUT2D eigenvalue weighted by Gasteiger charge is 2.16. The summed E-state index contributed by atoms with van der Waals surface area (Å²) in [7, 11) is 0. The zero-order valence-electron chi connectivity index (χ0n) is 13.6. The number of carboxylic acids is 1. The van der Waals surface area contributed by atoms with E-state index < -0.39 is 5.97 Å². The number of imidazole rings is 1. The van der Waals surface area contributed by atoms with Gasteiger partial charge in [-0.2, -0.15) is 0 Å². The normalized spacial score (nSPS) is 11.1. The number of aryl methyl sites for hydroxylation is 4. The molecule has 0 amide bonds. The van der Waals surface area contributed by atoms with Crippen molar-refractivity contribution >= 4 is 11.6 Å². The summed E-state index contributed by atoms with van der Waals surface area (Å²) in [6.45, 7) is 6.16. The molecular formula is C19H20N2O2. The molecule has 0 fully saturated rings. The predicted molar refractivity (Wildman–Crippen MR) is 90.8 cm³/mol. The number of fused-ring (bicyclic) bond motifs is 1. The molecule has 23 heavy (non-hydrogen) atoms. The first-order valence-electron chi connectivity index (χ1n) is 7.72. The van der Waals surface area contributed by atoms with E-state index in [0.717, 1.165) is 33.7 Å². The largest absolute Gasteiger partial charge is 0.481 e. The van der Waals surface area contributed by atoms with Crippen LogP contribution < -0.4 is 0 Å². The van der Waals surface area contributed by atoms with Crippen molar-refractivity contribution in [2.45, 2.75) is 33.6 Å². The van der Waals surface area contributed by atoms with Gasteiger partial charge in [-0.05, 0) is 44.0 Å². The first kappa shape index (κ1) is 15.3. The molecule has 3 rings (SSSR count). The Labute approximate surface area is 135 Å². The fourth-order valence-corrected chi connectivity index (χ4v) is 2.96. The first-order chi connectivity index (χ1) is 11.0. The number of aliphatic carboxylic acids is 1. The van der Waals surface area contributed by atoms with E-state index in [-0.39, 0.29) is 6.42 Å². The predicted octanol–water partition coefficient (Wildman–Crippen LogP) is 3.94. The van der Waals surface area contributed by atoms with E-state index in [1.54, 1.807) is 0 Å². The smallest absolute Gasteiger partial charge is 0.303 e. The van der Waals surface area contributed by atoms with Gasteiger partial charge in [0.15, 0.2) is 0 Å². The molecule has 0 bridgehead atoms. The summed E-state index contributed by atoms with van der Waals surface area (Å²) in [4.78, 5) is 15.8. The van der Waals surface area contributed by atoms with E-state index in [1.165, 1.54) is 5.56 Å². The topological polar surface area (TPSA) is 54.6 Å². The van der Waals surface area contributed by atoms with E-state index in [9.17, 15) is 4.79 Å². The summed E-state index contributed by atoms with van der Waals surface area (Å²) in [5, 5.41) is 9.05. The molecule has 2 heterocycles. The van der Waals surface area contributed by atoms with Gasteiger partial charge in [-0.15, -0.1) is 0 Å². The van der Waals surface area contributed by atoms with E-state index in [0.29, 0.717) is 6.42 Å². The third-order valence-corrected chi connectivity index (χ3v) is 4.09. The Bertz CT molecular complexity index is 894. The maximum absolute atomic E-state index is 11.0. The van der Waals surface area contributed by atoms with Crippen LogP contribution in [0.5, 0.6) is 0 Å². The van der Waals surface area contributed by atoms with Crippen LogP contribution in [0.25, 0.3) is 16.9 Å². The Hall–Kier alpha value is -2.62. The van der Waals surface area contributed by atoms with Crippen molar-refractivity contribution in [2.24, 2.45) is 0 Å². The molecule has 3 aromatic rings. The van der Waals surface area contributed by atoms with Crippen molar-refractivity contribution in [3.63, 3.8) is 0 Å². The van der Waals surface area contributed by atoms with Crippen molar-refractivity contribution in [3.8, 4) is 11.3 Å². The Balaban J connectivity index is 2.21. The average Bonchev–Trinajstić information content (AvgIpc) is 2.82. The number of rotatable bonds is 4. The molecule has 4 heteroatoms. The fraction of sp³-hybridized carbons (Fsp3) is 0.263. The minimum atomic E-state index is -0.793. The maximum Gasteiger partial charge on any atom is 0.303 e. The van der Waals surface area contributed by atoms with Gasteiger partial charge in [-0.3, -0.25) is 4.79 Å². The number of hydrogen-bond donors (Lipinski definition) is 1. The minimum Gasteiger partial charge on any atom is -0.481 e. The van der Waals surface area contributed by atoms with Gasteiger partial charge in [0.05, 0.1) is 17.8 Å². The second-order valence-electron chi connectivity index (χ2n) is 6.05. The lowest BCUT2D eigenvalue weighted by Crippen LogP contribution is -2.02. The number of pyridine rings is 1. The number of nitrogens with zero attached hydrogens (tertiary/aromatic N) is 2. The van der Waals surface area contributed by atoms with Gasteiger partial charge in [0, 0.05) is 18.2 Å². The Morgan fingerprint density at radius 1 is 1.13 bits per heavy atom. The van der Waals surface area contributed by atoms with E-state index in [4.69, 9.17) is 10.1 Å². The molecule has 0 aliphatic heterocycles. The lowest BCUT2D eigenvalue weighted by molar-refractivity contribution is -0.136. The quantitative estimate of drug-likeness (QED) is 0.794. The van der Waals surface area contributed by atoms with Crippen LogP contribution in [0, 0.1) is 20.8 Å². The van der Waals surface area contributed by atoms with Gasteiger partial charge < -0.3 is 9.51 Å². The number of hydrogen-bond acceptors (Lipinski definition) is 2. The summed E-state index contributed by atoms with van der Waals surface area (Å²) in [6.07, 6.45) is 2.53. The lowest BCUT2D eigenvalue weighted by atomic mass is 10.0. The van der Waals surface area contributed by atoms with Crippen molar-refractivity contribution in [3.05, 3.63) is 58.9 Å². The fourth-order valence-electron chi connectivity index (χ4n) is 2.96. The molecule has 4 nitrogen and oxygen atoms in total. The minimum absolute atomic E-state index is 0.0968. The van der Waals surface area contributed by atoms with Gasteiger partial charge in [-0.25, -0.2) is 4.98 Å². The third kappa shape index (κ3) is 2.97. The molecule has 2 aromatic heterocycles. The zero-order valence-corrected chi connectivity index (χ0v) is 13.6. The van der Waals surface area contributed by atoms with Gasteiger partial charge in [0.1, 0.15) is 5.65 Å². The molecule has 0 spiro atoms. The molecule has 0 unspecified atom stereocenters. The summed E-state index contributed by atoms with van der Waals surface area (Å²) >= 11 is 0. The maximum atomic E-state index is 11.0. The number of carbonyl (C=O) groups is 1. The van der Waals surface area contributed by atoms with Crippen LogP contribution in [-0.4, -0.2) is 20.5 Å².